The predicted molar refractivity (Wildman–Crippen MR) is 105 cm³/mol. The average molecular weight is 407 g/mol. The van der Waals surface area contributed by atoms with Crippen LogP contribution in [0.1, 0.15) is 39.3 Å². The molecule has 1 amide bonds. The molecule has 3 rings (SSSR count). The van der Waals surface area contributed by atoms with E-state index in [0.29, 0.717) is 25.2 Å². The minimum absolute atomic E-state index is 0.124. The van der Waals surface area contributed by atoms with Crippen molar-refractivity contribution in [2.24, 2.45) is 13.0 Å². The first-order chi connectivity index (χ1) is 13.2. The monoisotopic (exact) mass is 406 g/mol. The zero-order valence-corrected chi connectivity index (χ0v) is 17.5. The number of nitrogens with zero attached hydrogens (tertiary/aromatic N) is 4. The van der Waals surface area contributed by atoms with E-state index in [0.717, 1.165) is 17.0 Å². The summed E-state index contributed by atoms with van der Waals surface area (Å²) >= 11 is 1.49. The molecule has 0 aromatic carbocycles. The van der Waals surface area contributed by atoms with Gasteiger partial charge < -0.3 is 14.4 Å². The Balaban J connectivity index is 1.52. The summed E-state index contributed by atoms with van der Waals surface area (Å²) in [7, 11) is 1.85. The summed E-state index contributed by atoms with van der Waals surface area (Å²) in [6.45, 7) is 6.53. The van der Waals surface area contributed by atoms with Crippen LogP contribution < -0.4 is 0 Å². The van der Waals surface area contributed by atoms with E-state index in [1.807, 2.05) is 39.4 Å². The number of piperidine rings is 1. The maximum Gasteiger partial charge on any atom is 0.410 e. The van der Waals surface area contributed by atoms with E-state index < -0.39 is 5.60 Å². The van der Waals surface area contributed by atoms with Crippen LogP contribution in [0.2, 0.25) is 0 Å². The smallest absolute Gasteiger partial charge is 0.410 e. The number of likely N-dealkylation sites (tertiary alicyclic amines) is 1. The summed E-state index contributed by atoms with van der Waals surface area (Å²) in [6, 6.07) is 0. The number of aromatic nitrogens is 3. The average Bonchev–Trinajstić information content (AvgIpc) is 3.27. The molecule has 28 heavy (non-hydrogen) atoms. The van der Waals surface area contributed by atoms with Gasteiger partial charge in [-0.05, 0) is 33.6 Å². The van der Waals surface area contributed by atoms with Crippen molar-refractivity contribution < 1.29 is 19.1 Å². The van der Waals surface area contributed by atoms with E-state index in [-0.39, 0.29) is 24.6 Å². The Kier molecular flexibility index (Phi) is 6.02. The minimum atomic E-state index is -0.554. The molecule has 1 saturated heterocycles. The molecule has 1 aliphatic rings. The number of hydrogen-bond acceptors (Lipinski definition) is 7. The normalized spacial score (nSPS) is 17.4. The number of rotatable bonds is 4. The molecule has 8 nitrogen and oxygen atoms in total. The van der Waals surface area contributed by atoms with Gasteiger partial charge >= 0.3 is 12.1 Å². The molecule has 0 spiro atoms. The van der Waals surface area contributed by atoms with Crippen LogP contribution in [-0.2, 0) is 27.9 Å². The quantitative estimate of drug-likeness (QED) is 0.725. The lowest BCUT2D eigenvalue weighted by Gasteiger charge is -2.33. The van der Waals surface area contributed by atoms with Crippen LogP contribution in [0.15, 0.2) is 17.8 Å². The number of thiazole rings is 1. The third-order valence-corrected chi connectivity index (χ3v) is 5.21. The second kappa shape index (κ2) is 8.30. The standard InChI is InChI=1S/C19H26N4O4S/c1-19(2,3)27-18(25)23-7-5-6-13(10-23)17(24)26-11-15-12-28-16(21-15)14-8-20-22(4)9-14/h8-9,12-13H,5-7,10-11H2,1-4H3. The molecular weight excluding hydrogens is 380 g/mol. The van der Waals surface area contributed by atoms with Gasteiger partial charge in [0, 0.05) is 37.3 Å². The van der Waals surface area contributed by atoms with E-state index >= 15 is 0 Å². The Hall–Kier alpha value is -2.42. The maximum atomic E-state index is 12.5. The fourth-order valence-corrected chi connectivity index (χ4v) is 3.74. The van der Waals surface area contributed by atoms with Crippen LogP contribution in [-0.4, -0.2) is 50.4 Å². The molecule has 0 bridgehead atoms. The molecule has 1 aliphatic heterocycles. The van der Waals surface area contributed by atoms with E-state index in [1.165, 1.54) is 11.3 Å². The van der Waals surface area contributed by atoms with Crippen LogP contribution in [0.5, 0.6) is 0 Å². The fraction of sp³-hybridized carbons (Fsp3) is 0.579. The highest BCUT2D eigenvalue weighted by molar-refractivity contribution is 7.13. The Labute approximate surface area is 168 Å². The van der Waals surface area contributed by atoms with Crippen LogP contribution in [0.4, 0.5) is 4.79 Å². The summed E-state index contributed by atoms with van der Waals surface area (Å²) in [5.41, 5.74) is 1.09. The van der Waals surface area contributed by atoms with Gasteiger partial charge in [0.15, 0.2) is 0 Å². The van der Waals surface area contributed by atoms with Crippen molar-refractivity contribution in [3.8, 4) is 10.6 Å². The van der Waals surface area contributed by atoms with Crippen LogP contribution in [0.25, 0.3) is 10.6 Å². The molecule has 0 saturated carbocycles. The minimum Gasteiger partial charge on any atom is -0.459 e. The summed E-state index contributed by atoms with van der Waals surface area (Å²) in [6.07, 6.45) is 4.71. The van der Waals surface area contributed by atoms with Gasteiger partial charge in [-0.1, -0.05) is 0 Å². The lowest BCUT2D eigenvalue weighted by Crippen LogP contribution is -2.45. The molecule has 1 atom stereocenters. The number of aryl methyl sites for hydroxylation is 1. The van der Waals surface area contributed by atoms with Crippen molar-refractivity contribution in [2.45, 2.75) is 45.8 Å². The lowest BCUT2D eigenvalue weighted by atomic mass is 9.98. The third kappa shape index (κ3) is 5.31. The van der Waals surface area contributed by atoms with Gasteiger partial charge in [-0.2, -0.15) is 5.10 Å². The predicted octanol–water partition coefficient (Wildman–Crippen LogP) is 3.23. The highest BCUT2D eigenvalue weighted by atomic mass is 32.1. The summed E-state index contributed by atoms with van der Waals surface area (Å²) in [4.78, 5) is 30.8. The molecule has 3 heterocycles. The van der Waals surface area contributed by atoms with Crippen LogP contribution in [0.3, 0.4) is 0 Å². The van der Waals surface area contributed by atoms with Gasteiger partial charge in [0.1, 0.15) is 17.2 Å². The Bertz CT molecular complexity index is 839. The molecular formula is C19H26N4O4S. The molecule has 0 N–H and O–H groups in total. The van der Waals surface area contributed by atoms with Crippen molar-refractivity contribution in [1.29, 1.82) is 0 Å². The second-order valence-corrected chi connectivity index (χ2v) is 8.78. The van der Waals surface area contributed by atoms with Crippen molar-refractivity contribution in [1.82, 2.24) is 19.7 Å². The first-order valence-electron chi connectivity index (χ1n) is 9.29. The Morgan fingerprint density at radius 1 is 1.36 bits per heavy atom. The number of ether oxygens (including phenoxy) is 2. The largest absolute Gasteiger partial charge is 0.459 e. The van der Waals surface area contributed by atoms with Crippen molar-refractivity contribution in [2.75, 3.05) is 13.1 Å². The second-order valence-electron chi connectivity index (χ2n) is 7.92. The molecule has 0 aliphatic carbocycles. The SMILES string of the molecule is Cn1cc(-c2nc(COC(=O)C3CCCN(C(=O)OC(C)(C)C)C3)cs2)cn1. The van der Waals surface area contributed by atoms with E-state index in [9.17, 15) is 9.59 Å². The Morgan fingerprint density at radius 3 is 2.82 bits per heavy atom. The Morgan fingerprint density at radius 2 is 2.14 bits per heavy atom. The molecule has 2 aromatic rings. The molecule has 1 unspecified atom stereocenters. The lowest BCUT2D eigenvalue weighted by molar-refractivity contribution is -0.151. The molecule has 1 fully saturated rings. The summed E-state index contributed by atoms with van der Waals surface area (Å²) in [5, 5.41) is 6.86. The summed E-state index contributed by atoms with van der Waals surface area (Å²) in [5.74, 6) is -0.637. The van der Waals surface area contributed by atoms with Gasteiger partial charge in [0.25, 0.3) is 0 Å². The zero-order chi connectivity index (χ0) is 20.3. The van der Waals surface area contributed by atoms with Gasteiger partial charge in [0.2, 0.25) is 0 Å². The summed E-state index contributed by atoms with van der Waals surface area (Å²) < 4.78 is 12.6. The third-order valence-electron chi connectivity index (χ3n) is 4.27. The van der Waals surface area contributed by atoms with Gasteiger partial charge in [-0.3, -0.25) is 9.48 Å². The van der Waals surface area contributed by atoms with Gasteiger partial charge in [-0.25, -0.2) is 9.78 Å². The zero-order valence-electron chi connectivity index (χ0n) is 16.7. The van der Waals surface area contributed by atoms with Gasteiger partial charge in [-0.15, -0.1) is 11.3 Å². The first kappa shape index (κ1) is 20.3. The highest BCUT2D eigenvalue weighted by Gasteiger charge is 2.32. The van der Waals surface area contributed by atoms with E-state index in [1.54, 1.807) is 15.8 Å². The number of esters is 1. The van der Waals surface area contributed by atoms with Crippen LogP contribution in [0, 0.1) is 5.92 Å². The van der Waals surface area contributed by atoms with E-state index in [2.05, 4.69) is 10.1 Å². The molecule has 152 valence electrons. The van der Waals surface area contributed by atoms with Gasteiger partial charge in [0.05, 0.1) is 17.8 Å². The van der Waals surface area contributed by atoms with Crippen molar-refractivity contribution in [3.63, 3.8) is 0 Å². The number of amides is 1. The van der Waals surface area contributed by atoms with Crippen LogP contribution >= 0.6 is 11.3 Å². The van der Waals surface area contributed by atoms with Crippen molar-refractivity contribution in [3.05, 3.63) is 23.5 Å². The molecule has 2 aromatic heterocycles. The fourth-order valence-electron chi connectivity index (χ4n) is 2.96. The molecule has 0 radical (unpaired) electrons. The number of carbonyl (C=O) groups is 2. The number of carbonyl (C=O) groups excluding carboxylic acids is 2. The highest BCUT2D eigenvalue weighted by Crippen LogP contribution is 2.24. The van der Waals surface area contributed by atoms with E-state index in [4.69, 9.17) is 9.47 Å². The number of hydrogen-bond donors (Lipinski definition) is 0. The topological polar surface area (TPSA) is 86.6 Å². The molecule has 9 heteroatoms. The maximum absolute atomic E-state index is 12.5. The van der Waals surface area contributed by atoms with Crippen molar-refractivity contribution >= 4 is 23.4 Å². The first-order valence-corrected chi connectivity index (χ1v) is 10.2.